The Morgan fingerprint density at radius 1 is 0.364 bits per heavy atom. The van der Waals surface area contributed by atoms with Crippen molar-refractivity contribution in [2.75, 3.05) is 0 Å². The Labute approximate surface area is 320 Å². The Hall–Kier alpha value is -6.66. The summed E-state index contributed by atoms with van der Waals surface area (Å²) in [5.74, 6) is 7.27. The lowest BCUT2D eigenvalue weighted by Gasteiger charge is -2.73. The molecule has 0 radical (unpaired) electrons. The van der Waals surface area contributed by atoms with Gasteiger partial charge < -0.3 is 0 Å². The number of aromatic nitrogens is 6. The number of hydrogen-bond acceptors (Lipinski definition) is 6. The zero-order chi connectivity index (χ0) is 36.3. The SMILES string of the molecule is c1ccc(-c2nc(-c3ccc(-c4nc(-c5ccccc5)nc(-c5ccc(C6C7CC8CC6C87)cc5)n4)cc3)cc(-c3cccc(-c4ccncc4)c3)n2)cc1. The van der Waals surface area contributed by atoms with Crippen LogP contribution >= 0.6 is 0 Å². The Bertz CT molecular complexity index is 2650. The highest BCUT2D eigenvalue weighted by molar-refractivity contribution is 5.77. The van der Waals surface area contributed by atoms with Crippen molar-refractivity contribution in [3.05, 3.63) is 170 Å². The second kappa shape index (κ2) is 13.0. The van der Waals surface area contributed by atoms with Crippen molar-refractivity contribution >= 4 is 0 Å². The van der Waals surface area contributed by atoms with Crippen molar-refractivity contribution in [1.29, 1.82) is 0 Å². The van der Waals surface area contributed by atoms with Crippen LogP contribution in [0.1, 0.15) is 24.3 Å². The van der Waals surface area contributed by atoms with Crippen LogP contribution in [-0.4, -0.2) is 29.9 Å². The van der Waals surface area contributed by atoms with Crippen LogP contribution in [0.3, 0.4) is 0 Å². The molecule has 11 rings (SSSR count). The minimum absolute atomic E-state index is 0.637. The van der Waals surface area contributed by atoms with Gasteiger partial charge in [-0.1, -0.05) is 127 Å². The Morgan fingerprint density at radius 2 is 0.836 bits per heavy atom. The molecule has 5 aromatic carbocycles. The first-order valence-electron chi connectivity index (χ1n) is 19.2. The average molecular weight is 709 g/mol. The topological polar surface area (TPSA) is 77.3 Å². The van der Waals surface area contributed by atoms with Crippen molar-refractivity contribution in [2.24, 2.45) is 23.7 Å². The molecule has 6 nitrogen and oxygen atoms in total. The number of hydrogen-bond donors (Lipinski definition) is 0. The highest BCUT2D eigenvalue weighted by Crippen LogP contribution is 2.75. The molecule has 3 fully saturated rings. The van der Waals surface area contributed by atoms with Gasteiger partial charge in [0.25, 0.3) is 0 Å². The Balaban J connectivity index is 0.952. The van der Waals surface area contributed by atoms with Crippen LogP contribution in [0.15, 0.2) is 164 Å². The number of rotatable bonds is 8. The first-order valence-corrected chi connectivity index (χ1v) is 19.2. The third kappa shape index (κ3) is 5.64. The van der Waals surface area contributed by atoms with E-state index in [0.717, 1.165) is 85.5 Å². The molecule has 3 saturated carbocycles. The lowest BCUT2D eigenvalue weighted by atomic mass is 9.31. The number of benzene rings is 5. The molecule has 0 spiro atoms. The fourth-order valence-electron chi connectivity index (χ4n) is 9.34. The van der Waals surface area contributed by atoms with E-state index >= 15 is 0 Å². The molecule has 0 N–H and O–H groups in total. The summed E-state index contributed by atoms with van der Waals surface area (Å²) in [5, 5.41) is 0. The molecule has 0 amide bonds. The van der Waals surface area contributed by atoms with Crippen LogP contribution in [-0.2, 0) is 0 Å². The van der Waals surface area contributed by atoms with Gasteiger partial charge in [-0.25, -0.2) is 24.9 Å². The standard InChI is InChI=1S/C49H36N6/c1-3-8-33(9-4-1)46-51-42(29-43(52-46)38-13-7-12-37(26-38)30-22-24-50-25-23-30)31-14-18-35(19-15-31)48-53-47(34-10-5-2-6-11-34)54-49(55-48)36-20-16-32(17-21-36)44-40-27-39-28-41(44)45(39)40/h1-26,29,39-41,44-45H,27-28H2. The van der Waals surface area contributed by atoms with E-state index in [2.05, 4.69) is 108 Å². The number of pyridine rings is 1. The molecule has 3 aliphatic rings. The molecule has 55 heavy (non-hydrogen) atoms. The van der Waals surface area contributed by atoms with Crippen molar-refractivity contribution in [3.8, 4) is 79.2 Å². The summed E-state index contributed by atoms with van der Waals surface area (Å²) < 4.78 is 0. The molecule has 6 heteroatoms. The molecule has 2 unspecified atom stereocenters. The summed E-state index contributed by atoms with van der Waals surface area (Å²) in [4.78, 5) is 29.4. The molecular formula is C49H36N6. The van der Waals surface area contributed by atoms with Crippen LogP contribution in [0.2, 0.25) is 0 Å². The molecule has 3 heterocycles. The van der Waals surface area contributed by atoms with Crippen LogP contribution < -0.4 is 0 Å². The van der Waals surface area contributed by atoms with E-state index in [-0.39, 0.29) is 0 Å². The van der Waals surface area contributed by atoms with Crippen molar-refractivity contribution in [1.82, 2.24) is 29.9 Å². The summed E-state index contributed by atoms with van der Waals surface area (Å²) in [7, 11) is 0. The van der Waals surface area contributed by atoms with Gasteiger partial charge in [-0.15, -0.1) is 0 Å². The summed E-state index contributed by atoms with van der Waals surface area (Å²) in [6.07, 6.45) is 6.49. The normalized spacial score (nSPS) is 20.4. The minimum Gasteiger partial charge on any atom is -0.265 e. The van der Waals surface area contributed by atoms with Crippen LogP contribution in [0, 0.1) is 23.7 Å². The average Bonchev–Trinajstić information content (AvgIpc) is 3.27. The third-order valence-electron chi connectivity index (χ3n) is 12.2. The first kappa shape index (κ1) is 31.8. The Kier molecular flexibility index (Phi) is 7.54. The molecule has 0 aliphatic heterocycles. The maximum absolute atomic E-state index is 5.08. The van der Waals surface area contributed by atoms with E-state index in [1.165, 1.54) is 18.4 Å². The van der Waals surface area contributed by atoms with Gasteiger partial charge in [0, 0.05) is 45.8 Å². The fourth-order valence-corrected chi connectivity index (χ4v) is 9.34. The molecule has 0 saturated heterocycles. The van der Waals surface area contributed by atoms with Gasteiger partial charge in [0.15, 0.2) is 23.3 Å². The zero-order valence-corrected chi connectivity index (χ0v) is 30.1. The van der Waals surface area contributed by atoms with E-state index in [1.807, 2.05) is 60.9 Å². The molecule has 0 bridgehead atoms. The smallest absolute Gasteiger partial charge is 0.164 e. The third-order valence-corrected chi connectivity index (χ3v) is 12.2. The lowest BCUT2D eigenvalue weighted by Crippen LogP contribution is -2.65. The Morgan fingerprint density at radius 3 is 1.40 bits per heavy atom. The van der Waals surface area contributed by atoms with E-state index in [0.29, 0.717) is 23.3 Å². The van der Waals surface area contributed by atoms with Crippen molar-refractivity contribution in [2.45, 2.75) is 18.8 Å². The maximum atomic E-state index is 5.08. The predicted molar refractivity (Wildman–Crippen MR) is 217 cm³/mol. The van der Waals surface area contributed by atoms with E-state index in [4.69, 9.17) is 24.9 Å². The quantitative estimate of drug-likeness (QED) is 0.156. The van der Waals surface area contributed by atoms with Crippen LogP contribution in [0.25, 0.3) is 79.2 Å². The van der Waals surface area contributed by atoms with E-state index in [1.54, 1.807) is 0 Å². The summed E-state index contributed by atoms with van der Waals surface area (Å²) >= 11 is 0. The van der Waals surface area contributed by atoms with E-state index in [9.17, 15) is 0 Å². The van der Waals surface area contributed by atoms with Gasteiger partial charge in [0.05, 0.1) is 11.4 Å². The highest BCUT2D eigenvalue weighted by Gasteiger charge is 2.67. The zero-order valence-electron chi connectivity index (χ0n) is 30.1. The highest BCUT2D eigenvalue weighted by atomic mass is 15.0. The minimum atomic E-state index is 0.637. The van der Waals surface area contributed by atoms with Gasteiger partial charge in [-0.05, 0) is 83.4 Å². The van der Waals surface area contributed by atoms with Gasteiger partial charge in [0.2, 0.25) is 0 Å². The summed E-state index contributed by atoms with van der Waals surface area (Å²) in [6.45, 7) is 0. The molecular weight excluding hydrogens is 673 g/mol. The second-order valence-electron chi connectivity index (χ2n) is 15.2. The van der Waals surface area contributed by atoms with E-state index < -0.39 is 0 Å². The predicted octanol–water partition coefficient (Wildman–Crippen LogP) is 11.1. The van der Waals surface area contributed by atoms with Gasteiger partial charge >= 0.3 is 0 Å². The largest absolute Gasteiger partial charge is 0.265 e. The van der Waals surface area contributed by atoms with Gasteiger partial charge in [0.1, 0.15) is 0 Å². The lowest BCUT2D eigenvalue weighted by molar-refractivity contribution is -0.214. The molecule has 2 atom stereocenters. The fraction of sp³-hybridized carbons (Fsp3) is 0.143. The number of nitrogens with zero attached hydrogens (tertiary/aromatic N) is 6. The summed E-state index contributed by atoms with van der Waals surface area (Å²) in [6, 6.07) is 52.3. The van der Waals surface area contributed by atoms with Crippen LogP contribution in [0.5, 0.6) is 0 Å². The van der Waals surface area contributed by atoms with Crippen molar-refractivity contribution < 1.29 is 0 Å². The maximum Gasteiger partial charge on any atom is 0.164 e. The summed E-state index contributed by atoms with van der Waals surface area (Å²) in [5.41, 5.74) is 11.2. The first-order chi connectivity index (χ1) is 27.2. The van der Waals surface area contributed by atoms with Crippen LogP contribution in [0.4, 0.5) is 0 Å². The van der Waals surface area contributed by atoms with Gasteiger partial charge in [-0.2, -0.15) is 0 Å². The monoisotopic (exact) mass is 708 g/mol. The second-order valence-corrected chi connectivity index (χ2v) is 15.2. The molecule has 8 aromatic rings. The molecule has 262 valence electrons. The molecule has 3 aliphatic carbocycles. The van der Waals surface area contributed by atoms with Crippen molar-refractivity contribution in [3.63, 3.8) is 0 Å². The molecule has 3 aromatic heterocycles. The van der Waals surface area contributed by atoms with Gasteiger partial charge in [-0.3, -0.25) is 4.98 Å².